The Hall–Kier alpha value is -5.70. The molecule has 2 aliphatic rings. The van der Waals surface area contributed by atoms with Crippen molar-refractivity contribution in [3.05, 3.63) is 169 Å². The number of nitrogens with zero attached hydrogens (tertiary/aromatic N) is 2. The zero-order chi connectivity index (χ0) is 83.0. The molecule has 0 amide bonds. The fourth-order valence-corrected chi connectivity index (χ4v) is 36.3. The van der Waals surface area contributed by atoms with Crippen molar-refractivity contribution < 1.29 is 45.5 Å². The zero-order valence-electron chi connectivity index (χ0n) is 79.0. The van der Waals surface area contributed by atoms with Crippen molar-refractivity contribution in [1.29, 1.82) is 0 Å². The van der Waals surface area contributed by atoms with Crippen molar-refractivity contribution in [2.75, 3.05) is 13.2 Å². The van der Waals surface area contributed by atoms with Crippen LogP contribution in [0.1, 0.15) is 257 Å². The minimum atomic E-state index is -2.04. The minimum Gasteiger partial charge on any atom is -0.582 e. The first-order valence-corrected chi connectivity index (χ1v) is 54.8. The Morgan fingerprint density at radius 2 is 0.603 bits per heavy atom. The summed E-state index contributed by atoms with van der Waals surface area (Å²) in [6.45, 7) is 79.2. The van der Waals surface area contributed by atoms with Crippen LogP contribution in [0.5, 0.6) is 23.0 Å². The molecule has 11 heteroatoms. The van der Waals surface area contributed by atoms with Gasteiger partial charge in [0.05, 0.1) is 88.0 Å². The van der Waals surface area contributed by atoms with Gasteiger partial charge in [0.15, 0.2) is 13.2 Å². The van der Waals surface area contributed by atoms with Gasteiger partial charge in [-0.15, -0.1) is 0 Å². The molecule has 0 radical (unpaired) electrons. The Bertz CT molecular complexity index is 4750. The molecule has 6 nitrogen and oxygen atoms in total. The molecule has 8 aromatic carbocycles. The van der Waals surface area contributed by atoms with Gasteiger partial charge in [0.25, 0.3) is 11.5 Å². The smallest absolute Gasteiger partial charge is 0.266 e. The first-order valence-electron chi connectivity index (χ1n) is 44.2. The summed E-state index contributed by atoms with van der Waals surface area (Å²) in [6, 6.07) is 44.1. The maximum absolute atomic E-state index is 14.1. The van der Waals surface area contributed by atoms with E-state index in [9.17, 15) is 10.2 Å². The second kappa shape index (κ2) is 34.3. The first-order chi connectivity index (χ1) is 52.5. The molecule has 0 atom stereocenters. The van der Waals surface area contributed by atoms with Gasteiger partial charge in [-0.25, -0.2) is 0 Å². The number of rotatable bonds is 26. The summed E-state index contributed by atoms with van der Waals surface area (Å²) in [5.41, 5.74) is 24.5. The fraction of sp³-hybridized carbons (Fsp3) is 0.524. The van der Waals surface area contributed by atoms with E-state index in [0.717, 1.165) is 103 Å². The van der Waals surface area contributed by atoms with Crippen molar-refractivity contribution in [2.24, 2.45) is 10.8 Å². The van der Waals surface area contributed by atoms with E-state index >= 15 is 0 Å². The van der Waals surface area contributed by atoms with E-state index < -0.39 is 32.3 Å². The molecule has 628 valence electrons. The number of aromatic nitrogens is 2. The van der Waals surface area contributed by atoms with E-state index in [0.29, 0.717) is 69.0 Å². The average Bonchev–Trinajstić information content (AvgIpc) is 1.55. The number of ether oxygens (including phenoxy) is 2. The van der Waals surface area contributed by atoms with E-state index in [1.54, 1.807) is 0 Å². The van der Waals surface area contributed by atoms with E-state index in [4.69, 9.17) is 9.47 Å². The third-order valence-electron chi connectivity index (χ3n) is 30.4. The van der Waals surface area contributed by atoms with Crippen LogP contribution in [0.2, 0.25) is 70.5 Å². The van der Waals surface area contributed by atoms with Gasteiger partial charge in [-0.1, -0.05) is 275 Å². The number of hydrogen-bond acceptors (Lipinski definition) is 2. The summed E-state index contributed by atoms with van der Waals surface area (Å²) in [6.07, 6.45) is 8.80. The summed E-state index contributed by atoms with van der Waals surface area (Å²) in [5.74, 6) is 2.69. The second-order valence-electron chi connectivity index (χ2n) is 42.9. The molecular weight excluding hydrogens is 1640 g/mol. The van der Waals surface area contributed by atoms with E-state index in [-0.39, 0.29) is 62.4 Å². The zero-order valence-corrected chi connectivity index (χ0v) is 86.6. The summed E-state index contributed by atoms with van der Waals surface area (Å²) in [7, 11) is -8.15. The van der Waals surface area contributed by atoms with Gasteiger partial charge in [-0.05, 0) is 225 Å². The van der Waals surface area contributed by atoms with Gasteiger partial charge in [-0.2, -0.15) is 0 Å². The summed E-state index contributed by atoms with van der Waals surface area (Å²) >= 11 is 0. The monoisotopic (exact) mass is 1800 g/mol. The summed E-state index contributed by atoms with van der Waals surface area (Å²) in [5, 5.41) is 38.9. The normalized spacial score (nSPS) is 14.1. The number of aryl methyl sites for hydroxylation is 2. The molecule has 12 rings (SSSR count). The van der Waals surface area contributed by atoms with Gasteiger partial charge >= 0.3 is 0 Å². The third-order valence-corrected chi connectivity index (χ3v) is 55.8. The van der Waals surface area contributed by atoms with Crippen molar-refractivity contribution in [3.63, 3.8) is 0 Å². The molecule has 0 saturated heterocycles. The van der Waals surface area contributed by atoms with Gasteiger partial charge < -0.3 is 43.7 Å². The van der Waals surface area contributed by atoms with E-state index in [1.165, 1.54) is 109 Å². The average molecular weight is 1800 g/mol. The number of benzene rings is 8. The Kier molecular flexibility index (Phi) is 27.8. The van der Waals surface area contributed by atoms with Crippen molar-refractivity contribution in [2.45, 2.75) is 333 Å². The number of aromatic hydroxyl groups is 4. The molecule has 10 aromatic rings. The van der Waals surface area contributed by atoms with Gasteiger partial charge in [-0.3, -0.25) is 0 Å². The summed E-state index contributed by atoms with van der Waals surface area (Å²) in [4.78, 5) is 0. The van der Waals surface area contributed by atoms with E-state index in [2.05, 4.69) is 338 Å². The molecule has 0 bridgehead atoms. The molecule has 2 aromatic heterocycles. The number of fused-ring (bicyclic) bond motifs is 8. The predicted octanol–water partition coefficient (Wildman–Crippen LogP) is 28.5. The summed E-state index contributed by atoms with van der Waals surface area (Å²) < 4.78 is 16.8. The molecular formula is C105H154HfN2O4Si4. The predicted molar refractivity (Wildman–Crippen MR) is 520 cm³/mol. The molecule has 0 fully saturated rings. The quantitative estimate of drug-likeness (QED) is 0.0245. The van der Waals surface area contributed by atoms with Crippen molar-refractivity contribution in [1.82, 2.24) is 9.13 Å². The SMILES string of the molecule is Cc1cc(-c2cc(C(C)(C)CC(C)(C)C)cc(-n3c4cc([Si](C)(C(C)C)C(C)C)ccc4c4ccc([Si](C)(C(C)C)C(C)C)cc43)c2O)c([OH+]CCC[OH+]c2c(-c3cc(C(C)(C)CC(C)(C)C)cc(-n4c5cc([Si](C)(C(C)C)C(C)C)ccc5c5ccc([Si](C)(C(C)C)C(C)C)cc54)c3O)cc(C)c3c2CCC3)c2c1CCC2.[CH3-].[CH3-].[Hf]. The topological polar surface area (TPSA) is 75.9 Å². The maximum Gasteiger partial charge on any atom is 0.266 e. The van der Waals surface area contributed by atoms with Gasteiger partial charge in [0.1, 0.15) is 17.9 Å². The van der Waals surface area contributed by atoms with Crippen LogP contribution in [-0.4, -0.2) is 74.3 Å². The van der Waals surface area contributed by atoms with Crippen molar-refractivity contribution >= 4 is 96.7 Å². The Balaban J connectivity index is 0.00000513. The molecule has 116 heavy (non-hydrogen) atoms. The second-order valence-corrected chi connectivity index (χ2v) is 64.7. The largest absolute Gasteiger partial charge is 0.582 e. The van der Waals surface area contributed by atoms with Crippen LogP contribution in [0.3, 0.4) is 0 Å². The van der Waals surface area contributed by atoms with Gasteiger partial charge in [0, 0.05) is 58.5 Å². The third kappa shape index (κ3) is 16.6. The number of hydrogen-bond donors (Lipinski definition) is 2. The van der Waals surface area contributed by atoms with Crippen LogP contribution >= 0.6 is 0 Å². The Morgan fingerprint density at radius 1 is 0.353 bits per heavy atom. The van der Waals surface area contributed by atoms with Gasteiger partial charge in [0.2, 0.25) is 0 Å². The molecule has 0 spiro atoms. The molecule has 0 saturated carbocycles. The van der Waals surface area contributed by atoms with Crippen LogP contribution in [0.15, 0.2) is 109 Å². The molecule has 0 unspecified atom stereocenters. The first kappa shape index (κ1) is 94.2. The van der Waals surface area contributed by atoms with Crippen LogP contribution in [0, 0.1) is 39.5 Å². The van der Waals surface area contributed by atoms with Crippen LogP contribution in [0.25, 0.3) is 77.2 Å². The number of phenols is 2. The maximum atomic E-state index is 14.1. The Morgan fingerprint density at radius 3 is 0.845 bits per heavy atom. The van der Waals surface area contributed by atoms with E-state index in [1.807, 2.05) is 0 Å². The standard InChI is InChI=1S/C103H146N2O4Si4.2CH3.Hf/c1-62(2)110(29,63(3)4)74-40-44-80-81-45-41-75(111(30,64(5)6)65(7)8)57-91(81)104(90(80)56-74)94-54-72(102(25,26)60-100(19,20)21)52-86(96(94)106)88-50-70(17)78-36-33-38-84(78)98(88)108-48-35-49-109-99-85-39-34-37-79(85)71(18)51-89(99)87-53-73(103(27,28)61-101(22,23)24)55-95(97(87)107)105-92-58-76(112(31,66(9)10)67(11)12)42-46-82(92)83-47-43-77(59-93(83)105)113(32,68(13)14)69(15)16;;;/h40-47,50-59,62-69,106-107H,33-39,48-49,60-61H2,1-32H3;2*1H3;/q;2*-1;/p+2. The van der Waals surface area contributed by atoms with Crippen LogP contribution in [-0.2, 0) is 62.4 Å². The van der Waals surface area contributed by atoms with Crippen LogP contribution < -0.4 is 20.7 Å². The number of aliphatic hydroxyl groups is 2. The molecule has 2 aliphatic carbocycles. The minimum absolute atomic E-state index is 0. The van der Waals surface area contributed by atoms with Crippen LogP contribution in [0.4, 0.5) is 0 Å². The molecule has 0 aliphatic heterocycles. The van der Waals surface area contributed by atoms with Crippen molar-refractivity contribution in [3.8, 4) is 56.6 Å². The molecule has 2 heterocycles. The Labute approximate surface area is 727 Å². The number of phenolic OH excluding ortho intramolecular Hbond substituents is 2. The molecule has 4 N–H and O–H groups in total. The fourth-order valence-electron chi connectivity index (χ4n) is 22.0.